The van der Waals surface area contributed by atoms with E-state index in [-0.39, 0.29) is 11.3 Å². The molecule has 1 atom stereocenters. The Kier molecular flexibility index (Phi) is 3.47. The number of hydrogen-bond acceptors (Lipinski definition) is 3. The molecule has 1 fully saturated rings. The first-order valence-electron chi connectivity index (χ1n) is 5.82. The molecule has 0 aliphatic carbocycles. The van der Waals surface area contributed by atoms with E-state index in [4.69, 9.17) is 10.4 Å². The Morgan fingerprint density at radius 3 is 2.94 bits per heavy atom. The topological polar surface area (TPSA) is 64.3 Å². The quantitative estimate of drug-likeness (QED) is 0.827. The van der Waals surface area contributed by atoms with Gasteiger partial charge in [0.05, 0.1) is 11.6 Å². The zero-order valence-corrected chi connectivity index (χ0v) is 9.77. The van der Waals surface area contributed by atoms with Gasteiger partial charge in [-0.3, -0.25) is 4.79 Å². The molecule has 0 spiro atoms. The molecule has 1 aromatic rings. The summed E-state index contributed by atoms with van der Waals surface area (Å²) in [6.07, 6.45) is 2.35. The maximum atomic E-state index is 13.6. The van der Waals surface area contributed by atoms with Gasteiger partial charge in [0, 0.05) is 12.6 Å². The number of halogens is 1. The van der Waals surface area contributed by atoms with E-state index in [9.17, 15) is 9.18 Å². The summed E-state index contributed by atoms with van der Waals surface area (Å²) in [6, 6.07) is 5.00. The number of hydrogen-bond donors (Lipinski definition) is 1. The van der Waals surface area contributed by atoms with Crippen LogP contribution in [0.4, 0.5) is 4.39 Å². The molecule has 0 bridgehead atoms. The zero-order valence-electron chi connectivity index (χ0n) is 9.77. The van der Waals surface area contributed by atoms with Crippen molar-refractivity contribution in [2.24, 2.45) is 0 Å². The fraction of sp³-hybridized carbons (Fsp3) is 0.385. The van der Waals surface area contributed by atoms with Crippen LogP contribution in [0.15, 0.2) is 18.2 Å². The third-order valence-electron chi connectivity index (χ3n) is 3.10. The van der Waals surface area contributed by atoms with Gasteiger partial charge in [-0.05, 0) is 31.4 Å². The number of carbonyl (C=O) groups is 1. The highest BCUT2D eigenvalue weighted by Gasteiger charge is 2.28. The molecule has 1 aliphatic heterocycles. The highest BCUT2D eigenvalue weighted by Crippen LogP contribution is 2.22. The molecule has 0 aromatic heterocycles. The standard InChI is InChI=1S/C13H13FN2O2/c14-12-7-10(17)4-5-11(12)13(18)16-6-2-1-3-9(16)8-15/h4-5,7,9,17H,1-3,6H2. The summed E-state index contributed by atoms with van der Waals surface area (Å²) < 4.78 is 13.6. The Balaban J connectivity index is 2.27. The van der Waals surface area contributed by atoms with Gasteiger partial charge in [0.25, 0.3) is 5.91 Å². The van der Waals surface area contributed by atoms with Crippen LogP contribution in [0.5, 0.6) is 5.75 Å². The number of benzene rings is 1. The highest BCUT2D eigenvalue weighted by atomic mass is 19.1. The monoisotopic (exact) mass is 248 g/mol. The Morgan fingerprint density at radius 2 is 2.28 bits per heavy atom. The normalized spacial score (nSPS) is 19.3. The van der Waals surface area contributed by atoms with E-state index in [0.29, 0.717) is 13.0 Å². The van der Waals surface area contributed by atoms with E-state index in [1.807, 2.05) is 0 Å². The van der Waals surface area contributed by atoms with Gasteiger partial charge in [-0.15, -0.1) is 0 Å². The lowest BCUT2D eigenvalue weighted by atomic mass is 10.0. The fourth-order valence-electron chi connectivity index (χ4n) is 2.14. The number of likely N-dealkylation sites (tertiary alicyclic amines) is 1. The lowest BCUT2D eigenvalue weighted by Gasteiger charge is -2.31. The summed E-state index contributed by atoms with van der Waals surface area (Å²) in [5.41, 5.74) is -0.102. The number of phenolic OH excluding ortho intramolecular Hbond substituents is 1. The molecule has 1 heterocycles. The first-order chi connectivity index (χ1) is 8.63. The van der Waals surface area contributed by atoms with Gasteiger partial charge in [0.2, 0.25) is 0 Å². The van der Waals surface area contributed by atoms with Crippen LogP contribution in [0.3, 0.4) is 0 Å². The molecule has 2 rings (SSSR count). The van der Waals surface area contributed by atoms with Gasteiger partial charge < -0.3 is 10.0 Å². The minimum absolute atomic E-state index is 0.102. The Labute approximate surface area is 104 Å². The minimum atomic E-state index is -0.762. The lowest BCUT2D eigenvalue weighted by molar-refractivity contribution is 0.0666. The molecule has 5 heteroatoms. The van der Waals surface area contributed by atoms with Gasteiger partial charge in [0.15, 0.2) is 0 Å². The lowest BCUT2D eigenvalue weighted by Crippen LogP contribution is -2.43. The van der Waals surface area contributed by atoms with E-state index in [0.717, 1.165) is 18.9 Å². The number of carbonyl (C=O) groups excluding carboxylic acids is 1. The third-order valence-corrected chi connectivity index (χ3v) is 3.10. The summed E-state index contributed by atoms with van der Waals surface area (Å²) in [5.74, 6) is -1.47. The van der Waals surface area contributed by atoms with E-state index >= 15 is 0 Å². The van der Waals surface area contributed by atoms with Crippen molar-refractivity contribution in [3.63, 3.8) is 0 Å². The summed E-state index contributed by atoms with van der Waals surface area (Å²) in [7, 11) is 0. The average Bonchev–Trinajstić information content (AvgIpc) is 2.38. The molecule has 1 N–H and O–H groups in total. The molecular formula is C13H13FN2O2. The molecule has 1 unspecified atom stereocenters. The third kappa shape index (κ3) is 2.28. The van der Waals surface area contributed by atoms with E-state index in [2.05, 4.69) is 6.07 Å². The average molecular weight is 248 g/mol. The summed E-state index contributed by atoms with van der Waals surface area (Å²) in [6.45, 7) is 0.470. The molecule has 1 amide bonds. The van der Waals surface area contributed by atoms with Gasteiger partial charge in [-0.1, -0.05) is 0 Å². The van der Waals surface area contributed by atoms with Gasteiger partial charge in [0.1, 0.15) is 17.6 Å². The van der Waals surface area contributed by atoms with Crippen molar-refractivity contribution in [3.8, 4) is 11.8 Å². The molecule has 0 saturated carbocycles. The number of amides is 1. The van der Waals surface area contributed by atoms with Crippen LogP contribution in [-0.2, 0) is 0 Å². The predicted molar refractivity (Wildman–Crippen MR) is 62.4 cm³/mol. The summed E-state index contributed by atoms with van der Waals surface area (Å²) in [4.78, 5) is 13.6. The molecule has 18 heavy (non-hydrogen) atoms. The minimum Gasteiger partial charge on any atom is -0.508 e. The predicted octanol–water partition coefficient (Wildman–Crippen LogP) is 2.05. The second-order valence-corrected chi connectivity index (χ2v) is 4.30. The largest absolute Gasteiger partial charge is 0.508 e. The molecular weight excluding hydrogens is 235 g/mol. The van der Waals surface area contributed by atoms with Gasteiger partial charge in [-0.2, -0.15) is 5.26 Å². The maximum Gasteiger partial charge on any atom is 0.257 e. The van der Waals surface area contributed by atoms with Crippen LogP contribution in [0.25, 0.3) is 0 Å². The molecule has 1 aliphatic rings. The molecule has 0 radical (unpaired) electrons. The Bertz CT molecular complexity index is 510. The molecule has 4 nitrogen and oxygen atoms in total. The van der Waals surface area contributed by atoms with Crippen LogP contribution < -0.4 is 0 Å². The first-order valence-corrected chi connectivity index (χ1v) is 5.82. The number of aromatic hydroxyl groups is 1. The first kappa shape index (κ1) is 12.4. The Morgan fingerprint density at radius 1 is 1.50 bits per heavy atom. The van der Waals surface area contributed by atoms with Crippen molar-refractivity contribution >= 4 is 5.91 Å². The van der Waals surface area contributed by atoms with Crippen molar-refractivity contribution in [1.82, 2.24) is 4.90 Å². The zero-order chi connectivity index (χ0) is 13.1. The Hall–Kier alpha value is -2.09. The van der Waals surface area contributed by atoms with E-state index in [1.165, 1.54) is 17.0 Å². The van der Waals surface area contributed by atoms with Crippen LogP contribution in [0, 0.1) is 17.1 Å². The van der Waals surface area contributed by atoms with Crippen molar-refractivity contribution in [1.29, 1.82) is 5.26 Å². The molecule has 1 aromatic carbocycles. The maximum absolute atomic E-state index is 13.6. The van der Waals surface area contributed by atoms with Crippen LogP contribution >= 0.6 is 0 Å². The second kappa shape index (κ2) is 5.05. The summed E-state index contributed by atoms with van der Waals surface area (Å²) >= 11 is 0. The molecule has 94 valence electrons. The van der Waals surface area contributed by atoms with Crippen LogP contribution in [-0.4, -0.2) is 28.5 Å². The number of rotatable bonds is 1. The number of nitrogens with zero attached hydrogens (tertiary/aromatic N) is 2. The number of piperidine rings is 1. The van der Waals surface area contributed by atoms with Crippen LogP contribution in [0.1, 0.15) is 29.6 Å². The van der Waals surface area contributed by atoms with Crippen molar-refractivity contribution < 1.29 is 14.3 Å². The van der Waals surface area contributed by atoms with Crippen LogP contribution in [0.2, 0.25) is 0 Å². The van der Waals surface area contributed by atoms with Gasteiger partial charge >= 0.3 is 0 Å². The highest BCUT2D eigenvalue weighted by molar-refractivity contribution is 5.95. The number of phenols is 1. The van der Waals surface area contributed by atoms with Crippen molar-refractivity contribution in [2.75, 3.05) is 6.54 Å². The van der Waals surface area contributed by atoms with Crippen molar-refractivity contribution in [3.05, 3.63) is 29.6 Å². The van der Waals surface area contributed by atoms with Crippen molar-refractivity contribution in [2.45, 2.75) is 25.3 Å². The second-order valence-electron chi connectivity index (χ2n) is 4.30. The van der Waals surface area contributed by atoms with E-state index < -0.39 is 17.8 Å². The number of nitriles is 1. The summed E-state index contributed by atoms with van der Waals surface area (Å²) in [5, 5.41) is 18.1. The van der Waals surface area contributed by atoms with Gasteiger partial charge in [-0.25, -0.2) is 4.39 Å². The smallest absolute Gasteiger partial charge is 0.257 e. The SMILES string of the molecule is N#CC1CCCCN1C(=O)c1ccc(O)cc1F. The van der Waals surface area contributed by atoms with E-state index in [1.54, 1.807) is 0 Å². The fourth-order valence-corrected chi connectivity index (χ4v) is 2.14. The molecule has 1 saturated heterocycles.